The van der Waals surface area contributed by atoms with E-state index in [-0.39, 0.29) is 17.9 Å². The first-order valence-electron chi connectivity index (χ1n) is 8.91. The minimum Gasteiger partial charge on any atom is -0.493 e. The van der Waals surface area contributed by atoms with Crippen LogP contribution in [0.15, 0.2) is 12.1 Å². The average molecular weight is 403 g/mol. The molecule has 156 valence electrons. The summed E-state index contributed by atoms with van der Waals surface area (Å²) >= 11 is 0. The molecule has 1 N–H and O–H groups in total. The normalized spacial score (nSPS) is 10.4. The fourth-order valence-electron chi connectivity index (χ4n) is 3.23. The highest BCUT2D eigenvalue weighted by atomic mass is 16.5. The van der Waals surface area contributed by atoms with E-state index < -0.39 is 18.4 Å². The molecule has 8 heteroatoms. The SMILES string of the molecule is COc1cc(CC(=O)OCC(=O)c2[nH]c(C)c(C(C)=O)c2C)cc(OC)c1OC. The van der Waals surface area contributed by atoms with Crippen LogP contribution in [0.5, 0.6) is 17.2 Å². The number of carbonyl (C=O) groups is 3. The summed E-state index contributed by atoms with van der Waals surface area (Å²) in [6.07, 6.45) is -0.0780. The zero-order valence-electron chi connectivity index (χ0n) is 17.4. The summed E-state index contributed by atoms with van der Waals surface area (Å²) in [6.45, 7) is 4.42. The van der Waals surface area contributed by atoms with Crippen molar-refractivity contribution >= 4 is 17.5 Å². The summed E-state index contributed by atoms with van der Waals surface area (Å²) < 4.78 is 20.9. The lowest BCUT2D eigenvalue weighted by molar-refractivity contribution is -0.141. The van der Waals surface area contributed by atoms with Gasteiger partial charge in [-0.3, -0.25) is 14.4 Å². The number of hydrogen-bond acceptors (Lipinski definition) is 7. The van der Waals surface area contributed by atoms with Gasteiger partial charge in [0.15, 0.2) is 23.9 Å². The second-order valence-electron chi connectivity index (χ2n) is 6.48. The number of esters is 1. The van der Waals surface area contributed by atoms with E-state index in [0.717, 1.165) is 0 Å². The van der Waals surface area contributed by atoms with Gasteiger partial charge in [0, 0.05) is 11.3 Å². The largest absolute Gasteiger partial charge is 0.493 e. The van der Waals surface area contributed by atoms with E-state index in [1.807, 2.05) is 0 Å². The van der Waals surface area contributed by atoms with Crippen LogP contribution in [-0.4, -0.2) is 50.5 Å². The number of nitrogens with one attached hydrogen (secondary N) is 1. The molecule has 0 saturated heterocycles. The number of aryl methyl sites for hydroxylation is 1. The Morgan fingerprint density at radius 3 is 2.00 bits per heavy atom. The maximum absolute atomic E-state index is 12.4. The molecule has 0 radical (unpaired) electrons. The molecule has 0 fully saturated rings. The van der Waals surface area contributed by atoms with Gasteiger partial charge in [-0.2, -0.15) is 0 Å². The van der Waals surface area contributed by atoms with Crippen LogP contribution in [0.1, 0.15) is 44.6 Å². The molecule has 0 saturated carbocycles. The molecule has 0 spiro atoms. The number of ether oxygens (including phenoxy) is 4. The lowest BCUT2D eigenvalue weighted by atomic mass is 10.1. The molecule has 0 aliphatic carbocycles. The molecule has 0 bridgehead atoms. The van der Waals surface area contributed by atoms with Crippen molar-refractivity contribution in [2.45, 2.75) is 27.2 Å². The van der Waals surface area contributed by atoms with Gasteiger partial charge in [-0.15, -0.1) is 0 Å². The van der Waals surface area contributed by atoms with Gasteiger partial charge in [0.05, 0.1) is 33.4 Å². The first kappa shape index (κ1) is 22.0. The number of H-pyrrole nitrogens is 1. The molecule has 0 aliphatic rings. The number of rotatable bonds is 9. The van der Waals surface area contributed by atoms with Gasteiger partial charge < -0.3 is 23.9 Å². The molecule has 8 nitrogen and oxygen atoms in total. The van der Waals surface area contributed by atoms with Crippen molar-refractivity contribution in [1.82, 2.24) is 4.98 Å². The standard InChI is InChI=1S/C21H25NO7/c1-11-19(13(3)23)12(2)22-20(11)15(24)10-29-18(25)9-14-7-16(26-4)21(28-6)17(8-14)27-5/h7-8,22H,9-10H2,1-6H3. The minimum absolute atomic E-state index is 0.0780. The third-order valence-electron chi connectivity index (χ3n) is 4.51. The van der Waals surface area contributed by atoms with Crippen molar-refractivity contribution in [2.75, 3.05) is 27.9 Å². The van der Waals surface area contributed by atoms with Crippen LogP contribution in [-0.2, 0) is 16.0 Å². The Morgan fingerprint density at radius 2 is 1.55 bits per heavy atom. The summed E-state index contributed by atoms with van der Waals surface area (Å²) in [6, 6.07) is 3.28. The van der Waals surface area contributed by atoms with Crippen LogP contribution in [0.4, 0.5) is 0 Å². The van der Waals surface area contributed by atoms with E-state index in [0.29, 0.717) is 39.6 Å². The highest BCUT2D eigenvalue weighted by Gasteiger charge is 2.21. The Kier molecular flexibility index (Phi) is 7.03. The van der Waals surface area contributed by atoms with Gasteiger partial charge >= 0.3 is 5.97 Å². The molecule has 1 aromatic heterocycles. The summed E-state index contributed by atoms with van der Waals surface area (Å²) in [5.74, 6) is 0.132. The number of hydrogen-bond donors (Lipinski definition) is 1. The topological polar surface area (TPSA) is 104 Å². The first-order chi connectivity index (χ1) is 13.7. The summed E-state index contributed by atoms with van der Waals surface area (Å²) in [4.78, 5) is 39.2. The summed E-state index contributed by atoms with van der Waals surface area (Å²) in [5, 5.41) is 0. The molecule has 0 atom stereocenters. The fourth-order valence-corrected chi connectivity index (χ4v) is 3.23. The Balaban J connectivity index is 2.08. The average Bonchev–Trinajstić information content (AvgIpc) is 2.99. The van der Waals surface area contributed by atoms with Gasteiger partial charge in [0.1, 0.15) is 0 Å². The molecule has 0 amide bonds. The van der Waals surface area contributed by atoms with Crippen LogP contribution in [0.3, 0.4) is 0 Å². The molecule has 1 aromatic carbocycles. The van der Waals surface area contributed by atoms with Crippen molar-refractivity contribution in [2.24, 2.45) is 0 Å². The molecule has 2 rings (SSSR count). The zero-order chi connectivity index (χ0) is 21.7. The fraction of sp³-hybridized carbons (Fsp3) is 0.381. The van der Waals surface area contributed by atoms with Crippen molar-refractivity contribution in [3.8, 4) is 17.2 Å². The van der Waals surface area contributed by atoms with Crippen molar-refractivity contribution < 1.29 is 33.3 Å². The van der Waals surface area contributed by atoms with Gasteiger partial charge in [-0.1, -0.05) is 0 Å². The lowest BCUT2D eigenvalue weighted by Crippen LogP contribution is -2.17. The van der Waals surface area contributed by atoms with E-state index in [2.05, 4.69) is 4.98 Å². The van der Waals surface area contributed by atoms with Crippen molar-refractivity contribution in [1.29, 1.82) is 0 Å². The predicted octanol–water partition coefficient (Wildman–Crippen LogP) is 2.83. The maximum atomic E-state index is 12.4. The van der Waals surface area contributed by atoms with E-state index in [1.165, 1.54) is 28.3 Å². The second-order valence-corrected chi connectivity index (χ2v) is 6.48. The number of ketones is 2. The highest BCUT2D eigenvalue weighted by molar-refractivity contribution is 6.04. The highest BCUT2D eigenvalue weighted by Crippen LogP contribution is 2.38. The van der Waals surface area contributed by atoms with E-state index in [9.17, 15) is 14.4 Å². The monoisotopic (exact) mass is 403 g/mol. The number of Topliss-reactive ketones (excluding diaryl/α,β-unsaturated/α-hetero) is 2. The Hall–Kier alpha value is -3.29. The van der Waals surface area contributed by atoms with E-state index in [1.54, 1.807) is 26.0 Å². The molecular formula is C21H25NO7. The molecule has 0 unspecified atom stereocenters. The number of carbonyl (C=O) groups excluding carboxylic acids is 3. The first-order valence-corrected chi connectivity index (χ1v) is 8.91. The van der Waals surface area contributed by atoms with E-state index >= 15 is 0 Å². The van der Waals surface area contributed by atoms with Gasteiger partial charge in [-0.05, 0) is 44.0 Å². The molecule has 29 heavy (non-hydrogen) atoms. The second kappa shape index (κ2) is 9.27. The third-order valence-corrected chi connectivity index (χ3v) is 4.51. The molecular weight excluding hydrogens is 378 g/mol. The van der Waals surface area contributed by atoms with Gasteiger partial charge in [0.25, 0.3) is 0 Å². The van der Waals surface area contributed by atoms with Crippen LogP contribution in [0.25, 0.3) is 0 Å². The number of aromatic amines is 1. The number of aromatic nitrogens is 1. The van der Waals surface area contributed by atoms with Gasteiger partial charge in [-0.25, -0.2) is 0 Å². The van der Waals surface area contributed by atoms with Crippen LogP contribution in [0, 0.1) is 13.8 Å². The van der Waals surface area contributed by atoms with Crippen molar-refractivity contribution in [3.05, 3.63) is 40.2 Å². The maximum Gasteiger partial charge on any atom is 0.310 e. The summed E-state index contributed by atoms with van der Waals surface area (Å²) in [7, 11) is 4.45. The predicted molar refractivity (Wildman–Crippen MR) is 105 cm³/mol. The van der Waals surface area contributed by atoms with Crippen LogP contribution >= 0.6 is 0 Å². The number of benzene rings is 1. The molecule has 0 aliphatic heterocycles. The third kappa shape index (κ3) is 4.77. The molecule has 2 aromatic rings. The van der Waals surface area contributed by atoms with Gasteiger partial charge in [0.2, 0.25) is 11.5 Å². The minimum atomic E-state index is -0.583. The Bertz CT molecular complexity index is 918. The quantitative estimate of drug-likeness (QED) is 0.507. The van der Waals surface area contributed by atoms with Crippen LogP contribution in [0.2, 0.25) is 0 Å². The van der Waals surface area contributed by atoms with Crippen LogP contribution < -0.4 is 14.2 Å². The zero-order valence-corrected chi connectivity index (χ0v) is 17.4. The van der Waals surface area contributed by atoms with E-state index in [4.69, 9.17) is 18.9 Å². The molecule has 1 heterocycles. The Morgan fingerprint density at radius 1 is 0.966 bits per heavy atom. The lowest BCUT2D eigenvalue weighted by Gasteiger charge is -2.14. The Labute approximate surface area is 169 Å². The smallest absolute Gasteiger partial charge is 0.310 e. The van der Waals surface area contributed by atoms with Crippen molar-refractivity contribution in [3.63, 3.8) is 0 Å². The number of methoxy groups -OCH3 is 3. The summed E-state index contributed by atoms with van der Waals surface area (Å²) in [5.41, 5.74) is 2.51.